The Bertz CT molecular complexity index is 812. The van der Waals surface area contributed by atoms with Crippen LogP contribution in [-0.2, 0) is 16.0 Å². The van der Waals surface area contributed by atoms with Gasteiger partial charge in [0, 0.05) is 5.69 Å². The molecule has 2 aromatic rings. The van der Waals surface area contributed by atoms with E-state index in [0.717, 1.165) is 37.9 Å². The largest absolute Gasteiger partial charge is 0.465 e. The van der Waals surface area contributed by atoms with E-state index >= 15 is 0 Å². The van der Waals surface area contributed by atoms with Gasteiger partial charge >= 0.3 is 5.97 Å². The fourth-order valence-corrected chi connectivity index (χ4v) is 3.69. The molecule has 5 heteroatoms. The predicted octanol–water partition coefficient (Wildman–Crippen LogP) is 3.67. The molecule has 28 heavy (non-hydrogen) atoms. The van der Waals surface area contributed by atoms with Crippen LogP contribution in [0.25, 0.3) is 0 Å². The molecular formula is C23H28N2O3. The van der Waals surface area contributed by atoms with E-state index in [1.165, 1.54) is 12.7 Å². The number of hydrogen-bond acceptors (Lipinski definition) is 4. The van der Waals surface area contributed by atoms with Crippen molar-refractivity contribution in [1.82, 2.24) is 4.90 Å². The van der Waals surface area contributed by atoms with Crippen LogP contribution in [0.4, 0.5) is 5.69 Å². The Kier molecular flexibility index (Phi) is 6.82. The standard InChI is InChI=1S/C23H28N2O3/c1-17-8-9-20(23(27)28-2)15-21(17)24-22(26)16-25-12-10-19(11-13-25)14-18-6-4-3-5-7-18/h3-9,15,19H,10-14,16H2,1-2H3,(H,24,26). The molecule has 0 unspecified atom stereocenters. The number of likely N-dealkylation sites (tertiary alicyclic amines) is 1. The van der Waals surface area contributed by atoms with Gasteiger partial charge in [-0.15, -0.1) is 0 Å². The number of nitrogens with one attached hydrogen (secondary N) is 1. The van der Waals surface area contributed by atoms with Gasteiger partial charge in [-0.3, -0.25) is 9.69 Å². The summed E-state index contributed by atoms with van der Waals surface area (Å²) in [5, 5.41) is 2.94. The first kappa shape index (κ1) is 20.1. The van der Waals surface area contributed by atoms with Crippen molar-refractivity contribution in [2.75, 3.05) is 32.1 Å². The molecule has 0 atom stereocenters. The van der Waals surface area contributed by atoms with Crippen molar-refractivity contribution >= 4 is 17.6 Å². The minimum absolute atomic E-state index is 0.0494. The summed E-state index contributed by atoms with van der Waals surface area (Å²) in [5.41, 5.74) is 3.40. The third-order valence-corrected chi connectivity index (χ3v) is 5.37. The Hall–Kier alpha value is -2.66. The van der Waals surface area contributed by atoms with E-state index in [9.17, 15) is 9.59 Å². The van der Waals surface area contributed by atoms with Gasteiger partial charge < -0.3 is 10.1 Å². The van der Waals surface area contributed by atoms with Crippen LogP contribution in [0.15, 0.2) is 48.5 Å². The molecule has 1 amide bonds. The molecule has 1 heterocycles. The molecule has 1 aliphatic heterocycles. The van der Waals surface area contributed by atoms with Gasteiger partial charge in [0.25, 0.3) is 0 Å². The fraction of sp³-hybridized carbons (Fsp3) is 0.391. The highest BCUT2D eigenvalue weighted by atomic mass is 16.5. The van der Waals surface area contributed by atoms with Crippen molar-refractivity contribution in [3.05, 3.63) is 65.2 Å². The first-order chi connectivity index (χ1) is 13.5. The summed E-state index contributed by atoms with van der Waals surface area (Å²) in [6.07, 6.45) is 3.33. The van der Waals surface area contributed by atoms with E-state index in [1.54, 1.807) is 12.1 Å². The van der Waals surface area contributed by atoms with Gasteiger partial charge in [-0.25, -0.2) is 4.79 Å². The second-order valence-corrected chi connectivity index (χ2v) is 7.48. The fourth-order valence-electron chi connectivity index (χ4n) is 3.69. The van der Waals surface area contributed by atoms with Crippen LogP contribution < -0.4 is 5.32 Å². The molecule has 3 rings (SSSR count). The molecule has 1 N–H and O–H groups in total. The van der Waals surface area contributed by atoms with Crippen LogP contribution >= 0.6 is 0 Å². The summed E-state index contributed by atoms with van der Waals surface area (Å²) in [7, 11) is 1.35. The molecule has 0 aliphatic carbocycles. The first-order valence-corrected chi connectivity index (χ1v) is 9.80. The monoisotopic (exact) mass is 380 g/mol. The zero-order chi connectivity index (χ0) is 19.9. The van der Waals surface area contributed by atoms with Gasteiger partial charge in [-0.1, -0.05) is 36.4 Å². The molecule has 1 saturated heterocycles. The smallest absolute Gasteiger partial charge is 0.337 e. The number of hydrogen-bond donors (Lipinski definition) is 1. The Labute approximate surface area is 166 Å². The Morgan fingerprint density at radius 2 is 1.82 bits per heavy atom. The number of carbonyl (C=O) groups excluding carboxylic acids is 2. The lowest BCUT2D eigenvalue weighted by Gasteiger charge is -2.31. The first-order valence-electron chi connectivity index (χ1n) is 9.80. The molecule has 0 aromatic heterocycles. The van der Waals surface area contributed by atoms with Crippen LogP contribution in [-0.4, -0.2) is 43.5 Å². The number of rotatable bonds is 6. The minimum Gasteiger partial charge on any atom is -0.465 e. The van der Waals surface area contributed by atoms with Crippen molar-refractivity contribution in [1.29, 1.82) is 0 Å². The van der Waals surface area contributed by atoms with Gasteiger partial charge in [-0.2, -0.15) is 0 Å². The quantitative estimate of drug-likeness (QED) is 0.777. The van der Waals surface area contributed by atoms with Gasteiger partial charge in [0.15, 0.2) is 0 Å². The van der Waals surface area contributed by atoms with Crippen LogP contribution in [0.2, 0.25) is 0 Å². The highest BCUT2D eigenvalue weighted by Crippen LogP contribution is 2.22. The lowest BCUT2D eigenvalue weighted by molar-refractivity contribution is -0.117. The normalized spacial score (nSPS) is 15.2. The molecule has 1 aliphatic rings. The maximum absolute atomic E-state index is 12.5. The molecular weight excluding hydrogens is 352 g/mol. The van der Waals surface area contributed by atoms with E-state index in [1.807, 2.05) is 19.1 Å². The molecule has 5 nitrogen and oxygen atoms in total. The number of anilines is 1. The maximum atomic E-state index is 12.5. The van der Waals surface area contributed by atoms with Crippen LogP contribution in [0.1, 0.15) is 34.3 Å². The van der Waals surface area contributed by atoms with Gasteiger partial charge in [-0.05, 0) is 68.5 Å². The Balaban J connectivity index is 1.49. The van der Waals surface area contributed by atoms with Gasteiger partial charge in [0.2, 0.25) is 5.91 Å². The van der Waals surface area contributed by atoms with Crippen LogP contribution in [0.3, 0.4) is 0 Å². The highest BCUT2D eigenvalue weighted by Gasteiger charge is 2.21. The second kappa shape index (κ2) is 9.51. The van der Waals surface area contributed by atoms with E-state index < -0.39 is 5.97 Å². The summed E-state index contributed by atoms with van der Waals surface area (Å²) in [6.45, 7) is 4.16. The molecule has 0 spiro atoms. The number of carbonyl (C=O) groups is 2. The summed E-state index contributed by atoms with van der Waals surface area (Å²) in [5.74, 6) is 0.225. The van der Waals surface area contributed by atoms with Crippen molar-refractivity contribution in [3.8, 4) is 0 Å². The van der Waals surface area contributed by atoms with Crippen LogP contribution in [0, 0.1) is 12.8 Å². The number of amides is 1. The van der Waals surface area contributed by atoms with Crippen molar-refractivity contribution in [2.45, 2.75) is 26.2 Å². The van der Waals surface area contributed by atoms with Crippen molar-refractivity contribution < 1.29 is 14.3 Å². The van der Waals surface area contributed by atoms with E-state index in [0.29, 0.717) is 23.7 Å². The molecule has 1 fully saturated rings. The Morgan fingerprint density at radius 3 is 2.50 bits per heavy atom. The molecule has 0 saturated carbocycles. The number of methoxy groups -OCH3 is 1. The summed E-state index contributed by atoms with van der Waals surface area (Å²) in [6, 6.07) is 15.8. The lowest BCUT2D eigenvalue weighted by Crippen LogP contribution is -2.39. The lowest BCUT2D eigenvalue weighted by atomic mass is 9.90. The number of esters is 1. The third kappa shape index (κ3) is 5.42. The molecule has 0 radical (unpaired) electrons. The van der Waals surface area contributed by atoms with Gasteiger partial charge in [0.1, 0.15) is 0 Å². The molecule has 2 aromatic carbocycles. The summed E-state index contributed by atoms with van der Waals surface area (Å²) >= 11 is 0. The predicted molar refractivity (Wildman–Crippen MR) is 110 cm³/mol. The van der Waals surface area contributed by atoms with Gasteiger partial charge in [0.05, 0.1) is 19.2 Å². The number of benzene rings is 2. The molecule has 0 bridgehead atoms. The average Bonchev–Trinajstić information content (AvgIpc) is 2.71. The average molecular weight is 380 g/mol. The minimum atomic E-state index is -0.406. The third-order valence-electron chi connectivity index (χ3n) is 5.37. The zero-order valence-corrected chi connectivity index (χ0v) is 16.6. The second-order valence-electron chi connectivity index (χ2n) is 7.48. The maximum Gasteiger partial charge on any atom is 0.337 e. The Morgan fingerprint density at radius 1 is 1.11 bits per heavy atom. The zero-order valence-electron chi connectivity index (χ0n) is 16.6. The van der Waals surface area contributed by atoms with E-state index in [2.05, 4.69) is 34.5 Å². The number of piperidine rings is 1. The van der Waals surface area contributed by atoms with E-state index in [-0.39, 0.29) is 5.91 Å². The van der Waals surface area contributed by atoms with Crippen molar-refractivity contribution in [2.24, 2.45) is 5.92 Å². The SMILES string of the molecule is COC(=O)c1ccc(C)c(NC(=O)CN2CCC(Cc3ccccc3)CC2)c1. The van der Waals surface area contributed by atoms with Crippen molar-refractivity contribution in [3.63, 3.8) is 0 Å². The van der Waals surface area contributed by atoms with E-state index in [4.69, 9.17) is 4.74 Å². The highest BCUT2D eigenvalue weighted by molar-refractivity contribution is 5.96. The van der Waals surface area contributed by atoms with Crippen LogP contribution in [0.5, 0.6) is 0 Å². The number of aryl methyl sites for hydroxylation is 1. The summed E-state index contributed by atoms with van der Waals surface area (Å²) in [4.78, 5) is 26.4. The number of ether oxygens (including phenoxy) is 1. The summed E-state index contributed by atoms with van der Waals surface area (Å²) < 4.78 is 4.75. The molecule has 148 valence electrons. The number of nitrogens with zero attached hydrogens (tertiary/aromatic N) is 1. The topological polar surface area (TPSA) is 58.6 Å².